The lowest BCUT2D eigenvalue weighted by Crippen LogP contribution is -2.47. The Labute approximate surface area is 167 Å². The Morgan fingerprint density at radius 1 is 1.10 bits per heavy atom. The van der Waals surface area contributed by atoms with Crippen molar-refractivity contribution in [2.24, 2.45) is 5.16 Å². The van der Waals surface area contributed by atoms with Crippen molar-refractivity contribution in [1.29, 1.82) is 0 Å². The van der Waals surface area contributed by atoms with Gasteiger partial charge in [-0.3, -0.25) is 4.79 Å². The van der Waals surface area contributed by atoms with E-state index in [1.54, 1.807) is 24.3 Å². The fraction of sp³-hybridized carbons (Fsp3) is 0.364. The molecular weight excluding hydrogens is 378 g/mol. The fourth-order valence-corrected chi connectivity index (χ4v) is 3.86. The molecule has 0 bridgehead atoms. The average molecular weight is 400 g/mol. The first kappa shape index (κ1) is 19.5. The van der Waals surface area contributed by atoms with Crippen LogP contribution in [-0.2, 0) is 19.8 Å². The van der Waals surface area contributed by atoms with E-state index in [-0.39, 0.29) is 29.4 Å². The van der Waals surface area contributed by atoms with E-state index < -0.39 is 6.10 Å². The van der Waals surface area contributed by atoms with Gasteiger partial charge in [-0.05, 0) is 42.7 Å². The Morgan fingerprint density at radius 2 is 1.86 bits per heavy atom. The van der Waals surface area contributed by atoms with E-state index in [0.29, 0.717) is 31.0 Å². The van der Waals surface area contributed by atoms with Gasteiger partial charge in [-0.1, -0.05) is 29.4 Å². The lowest BCUT2D eigenvalue weighted by Gasteiger charge is -2.38. The van der Waals surface area contributed by atoms with E-state index in [4.69, 9.17) is 9.57 Å². The minimum absolute atomic E-state index is 0.270. The van der Waals surface area contributed by atoms with E-state index in [1.165, 1.54) is 24.3 Å². The fourth-order valence-electron chi connectivity index (χ4n) is 3.86. The van der Waals surface area contributed by atoms with Crippen molar-refractivity contribution in [1.82, 2.24) is 5.32 Å². The molecule has 1 amide bonds. The third-order valence-electron chi connectivity index (χ3n) is 5.63. The summed E-state index contributed by atoms with van der Waals surface area (Å²) < 4.78 is 32.3. The lowest BCUT2D eigenvalue weighted by atomic mass is 9.74. The van der Waals surface area contributed by atoms with Crippen LogP contribution < -0.4 is 5.32 Å². The minimum Gasteiger partial charge on any atom is -0.382 e. The van der Waals surface area contributed by atoms with Crippen LogP contribution in [0.2, 0.25) is 0 Å². The van der Waals surface area contributed by atoms with Crippen LogP contribution in [0.3, 0.4) is 0 Å². The summed E-state index contributed by atoms with van der Waals surface area (Å²) in [6.07, 6.45) is 0.991. The highest BCUT2D eigenvalue weighted by Gasteiger charge is 2.36. The van der Waals surface area contributed by atoms with Crippen LogP contribution >= 0.6 is 0 Å². The zero-order valence-electron chi connectivity index (χ0n) is 15.9. The molecule has 0 aromatic heterocycles. The quantitative estimate of drug-likeness (QED) is 0.838. The molecule has 1 fully saturated rings. The highest BCUT2D eigenvalue weighted by Crippen LogP contribution is 2.34. The van der Waals surface area contributed by atoms with Crippen LogP contribution in [0.1, 0.15) is 30.4 Å². The van der Waals surface area contributed by atoms with Gasteiger partial charge in [0.25, 0.3) is 5.91 Å². The largest absolute Gasteiger partial charge is 0.382 e. The molecule has 1 saturated heterocycles. The molecule has 0 radical (unpaired) electrons. The molecule has 2 aromatic carbocycles. The standard InChI is InChI=1S/C22H22F2N2O3/c23-17-6-4-16(5-7-17)22(8-10-28-11-9-22)14-25-21(27)20-13-19(26-29-20)15-2-1-3-18(24)12-15/h1-7,12,20H,8-11,13-14H2,(H,25,27)/t20-/m1/s1. The summed E-state index contributed by atoms with van der Waals surface area (Å²) in [5, 5.41) is 6.93. The van der Waals surface area contributed by atoms with E-state index in [9.17, 15) is 13.6 Å². The molecular formula is C22H22F2N2O3. The molecule has 1 atom stereocenters. The summed E-state index contributed by atoms with van der Waals surface area (Å²) >= 11 is 0. The number of halogens is 2. The number of ether oxygens (including phenoxy) is 1. The predicted octanol–water partition coefficient (Wildman–Crippen LogP) is 3.32. The van der Waals surface area contributed by atoms with Gasteiger partial charge < -0.3 is 14.9 Å². The number of oxime groups is 1. The highest BCUT2D eigenvalue weighted by atomic mass is 19.1. The summed E-state index contributed by atoms with van der Waals surface area (Å²) in [5.41, 5.74) is 1.81. The second kappa shape index (κ2) is 8.29. The number of rotatable bonds is 5. The molecule has 152 valence electrons. The second-order valence-corrected chi connectivity index (χ2v) is 7.46. The first-order valence-corrected chi connectivity index (χ1v) is 9.66. The van der Waals surface area contributed by atoms with Crippen LogP contribution in [0.4, 0.5) is 8.78 Å². The van der Waals surface area contributed by atoms with Crippen molar-refractivity contribution in [3.63, 3.8) is 0 Å². The Morgan fingerprint density at radius 3 is 2.59 bits per heavy atom. The van der Waals surface area contributed by atoms with Crippen LogP contribution in [-0.4, -0.2) is 37.5 Å². The van der Waals surface area contributed by atoms with Gasteiger partial charge in [0.15, 0.2) is 0 Å². The number of carbonyl (C=O) groups excluding carboxylic acids is 1. The van der Waals surface area contributed by atoms with Gasteiger partial charge in [0.1, 0.15) is 11.6 Å². The van der Waals surface area contributed by atoms with Crippen molar-refractivity contribution in [2.75, 3.05) is 19.8 Å². The molecule has 29 heavy (non-hydrogen) atoms. The maximum atomic E-state index is 13.4. The molecule has 0 spiro atoms. The molecule has 4 rings (SSSR count). The van der Waals surface area contributed by atoms with Gasteiger partial charge in [0, 0.05) is 37.2 Å². The van der Waals surface area contributed by atoms with Crippen molar-refractivity contribution >= 4 is 11.6 Å². The van der Waals surface area contributed by atoms with E-state index in [2.05, 4.69) is 10.5 Å². The normalized spacial score (nSPS) is 20.6. The van der Waals surface area contributed by atoms with Gasteiger partial charge in [-0.25, -0.2) is 8.78 Å². The van der Waals surface area contributed by atoms with Gasteiger partial charge >= 0.3 is 0 Å². The molecule has 2 heterocycles. The topological polar surface area (TPSA) is 59.9 Å². The number of benzene rings is 2. The molecule has 0 aliphatic carbocycles. The molecule has 7 heteroatoms. The summed E-state index contributed by atoms with van der Waals surface area (Å²) in [5.74, 6) is -0.923. The number of hydrogen-bond acceptors (Lipinski definition) is 4. The van der Waals surface area contributed by atoms with Gasteiger partial charge in [-0.15, -0.1) is 0 Å². The Balaban J connectivity index is 1.41. The van der Waals surface area contributed by atoms with Crippen molar-refractivity contribution < 1.29 is 23.1 Å². The van der Waals surface area contributed by atoms with E-state index in [0.717, 1.165) is 18.4 Å². The monoisotopic (exact) mass is 400 g/mol. The first-order valence-electron chi connectivity index (χ1n) is 9.66. The molecule has 0 saturated carbocycles. The van der Waals surface area contributed by atoms with Gasteiger partial charge in [0.05, 0.1) is 5.71 Å². The average Bonchev–Trinajstić information content (AvgIpc) is 3.24. The number of hydrogen-bond donors (Lipinski definition) is 1. The summed E-state index contributed by atoms with van der Waals surface area (Å²) in [6, 6.07) is 12.5. The molecule has 1 N–H and O–H groups in total. The number of amides is 1. The van der Waals surface area contributed by atoms with Crippen LogP contribution in [0.15, 0.2) is 53.7 Å². The summed E-state index contributed by atoms with van der Waals surface area (Å²) in [6.45, 7) is 1.57. The third-order valence-corrected chi connectivity index (χ3v) is 5.63. The van der Waals surface area contributed by atoms with Crippen molar-refractivity contribution in [3.05, 3.63) is 71.3 Å². The van der Waals surface area contributed by atoms with Crippen LogP contribution in [0, 0.1) is 11.6 Å². The SMILES string of the molecule is O=C(NCC1(c2ccc(F)cc2)CCOCC1)[C@H]1CC(c2cccc(F)c2)=NO1. The zero-order valence-corrected chi connectivity index (χ0v) is 15.9. The number of nitrogens with zero attached hydrogens (tertiary/aromatic N) is 1. The van der Waals surface area contributed by atoms with Crippen molar-refractivity contribution in [3.8, 4) is 0 Å². The summed E-state index contributed by atoms with van der Waals surface area (Å²) in [4.78, 5) is 18.0. The molecule has 2 aliphatic heterocycles. The number of carbonyl (C=O) groups is 1. The minimum atomic E-state index is -0.752. The highest BCUT2D eigenvalue weighted by molar-refractivity contribution is 6.04. The van der Waals surface area contributed by atoms with E-state index in [1.807, 2.05) is 0 Å². The predicted molar refractivity (Wildman–Crippen MR) is 104 cm³/mol. The third kappa shape index (κ3) is 4.29. The Bertz CT molecular complexity index is 909. The molecule has 2 aliphatic rings. The first-order chi connectivity index (χ1) is 14.1. The number of nitrogens with one attached hydrogen (secondary N) is 1. The molecule has 5 nitrogen and oxygen atoms in total. The second-order valence-electron chi connectivity index (χ2n) is 7.46. The van der Waals surface area contributed by atoms with Crippen LogP contribution in [0.5, 0.6) is 0 Å². The smallest absolute Gasteiger partial charge is 0.264 e. The van der Waals surface area contributed by atoms with E-state index >= 15 is 0 Å². The van der Waals surface area contributed by atoms with Crippen LogP contribution in [0.25, 0.3) is 0 Å². The molecule has 0 unspecified atom stereocenters. The van der Waals surface area contributed by atoms with Gasteiger partial charge in [-0.2, -0.15) is 0 Å². The zero-order chi connectivity index (χ0) is 20.3. The summed E-state index contributed by atoms with van der Waals surface area (Å²) in [7, 11) is 0. The maximum absolute atomic E-state index is 13.4. The lowest BCUT2D eigenvalue weighted by molar-refractivity contribution is -0.131. The van der Waals surface area contributed by atoms with Gasteiger partial charge in [0.2, 0.25) is 6.10 Å². The maximum Gasteiger partial charge on any atom is 0.264 e. The Kier molecular flexibility index (Phi) is 5.58. The molecule has 2 aromatic rings. The Hall–Kier alpha value is -2.80. The van der Waals surface area contributed by atoms with Crippen molar-refractivity contribution in [2.45, 2.75) is 30.8 Å².